The largest absolute Gasteiger partial charge is 0.478 e. The predicted octanol–water partition coefficient (Wildman–Crippen LogP) is 2.49. The highest BCUT2D eigenvalue weighted by Crippen LogP contribution is 2.27. The van der Waals surface area contributed by atoms with Gasteiger partial charge in [0.1, 0.15) is 5.82 Å². The number of carbonyl (C=O) groups excluding carboxylic acids is 2. The number of nitrogens with two attached hydrogens (primary N) is 1. The molecule has 3 N–H and O–H groups in total. The minimum atomic E-state index is -0.740. The van der Waals surface area contributed by atoms with E-state index in [2.05, 4.69) is 5.32 Å². The molecule has 0 atom stereocenters. The molecule has 0 aliphatic rings. The number of ether oxygens (including phenoxy) is 1. The van der Waals surface area contributed by atoms with Crippen LogP contribution >= 0.6 is 0 Å². The number of carbonyl (C=O) groups is 2. The van der Waals surface area contributed by atoms with Crippen LogP contribution in [0.5, 0.6) is 5.75 Å². The summed E-state index contributed by atoms with van der Waals surface area (Å²) in [6.07, 6.45) is 0. The van der Waals surface area contributed by atoms with Crippen LogP contribution in [0.1, 0.15) is 10.4 Å². The molecule has 8 nitrogen and oxygen atoms in total. The first kappa shape index (κ1) is 16.9. The lowest BCUT2D eigenvalue weighted by Crippen LogP contribution is -2.19. The normalized spacial score (nSPS) is 10.0. The highest BCUT2D eigenvalue weighted by atomic mass is 19.1. The highest BCUT2D eigenvalue weighted by molar-refractivity contribution is 5.98. The number of benzene rings is 2. The molecule has 0 saturated heterocycles. The first-order valence-corrected chi connectivity index (χ1v) is 6.63. The molecule has 2 aromatic carbocycles. The zero-order valence-electron chi connectivity index (χ0n) is 12.2. The van der Waals surface area contributed by atoms with Gasteiger partial charge in [0.05, 0.1) is 4.92 Å². The number of halogens is 1. The van der Waals surface area contributed by atoms with Crippen molar-refractivity contribution in [3.63, 3.8) is 0 Å². The Hall–Kier alpha value is -3.49. The van der Waals surface area contributed by atoms with Gasteiger partial charge >= 0.3 is 11.7 Å². The van der Waals surface area contributed by atoms with Crippen molar-refractivity contribution in [2.75, 3.05) is 11.9 Å². The standard InChI is InChI=1S/C15H12FN3O5/c16-10-3-6-12(19(22)23)14(7-10)24-8-13(20)9-1-4-11(5-2-9)18-15(17)21/h1-7H,8H2,(H3,17,18,21). The SMILES string of the molecule is NC(=O)Nc1ccc(C(=O)COc2cc(F)ccc2[N+](=O)[O-])cc1. The number of anilines is 1. The monoisotopic (exact) mass is 333 g/mol. The Morgan fingerprint density at radius 2 is 1.88 bits per heavy atom. The molecule has 24 heavy (non-hydrogen) atoms. The molecule has 0 unspecified atom stereocenters. The zero-order chi connectivity index (χ0) is 17.7. The van der Waals surface area contributed by atoms with Gasteiger partial charge in [0.15, 0.2) is 18.1 Å². The average molecular weight is 333 g/mol. The minimum Gasteiger partial charge on any atom is -0.478 e. The molecule has 2 rings (SSSR count). The second-order valence-corrected chi connectivity index (χ2v) is 4.65. The quantitative estimate of drug-likeness (QED) is 0.477. The molecule has 0 radical (unpaired) electrons. The molecular formula is C15H12FN3O5. The van der Waals surface area contributed by atoms with Crippen molar-refractivity contribution >= 4 is 23.2 Å². The van der Waals surface area contributed by atoms with Crippen molar-refractivity contribution in [1.82, 2.24) is 0 Å². The Bertz CT molecular complexity index is 792. The van der Waals surface area contributed by atoms with Gasteiger partial charge in [-0.2, -0.15) is 0 Å². The lowest BCUT2D eigenvalue weighted by atomic mass is 10.1. The van der Waals surface area contributed by atoms with Gasteiger partial charge in [-0.05, 0) is 30.3 Å². The number of rotatable bonds is 6. The van der Waals surface area contributed by atoms with E-state index >= 15 is 0 Å². The third kappa shape index (κ3) is 4.26. The van der Waals surface area contributed by atoms with Gasteiger partial charge in [-0.3, -0.25) is 14.9 Å². The lowest BCUT2D eigenvalue weighted by Gasteiger charge is -2.07. The summed E-state index contributed by atoms with van der Waals surface area (Å²) in [5.74, 6) is -1.52. The van der Waals surface area contributed by atoms with Gasteiger partial charge in [-0.25, -0.2) is 9.18 Å². The summed E-state index contributed by atoms with van der Waals surface area (Å²) >= 11 is 0. The molecule has 2 amide bonds. The summed E-state index contributed by atoms with van der Waals surface area (Å²) < 4.78 is 18.2. The Morgan fingerprint density at radius 3 is 2.46 bits per heavy atom. The van der Waals surface area contributed by atoms with E-state index in [1.807, 2.05) is 0 Å². The maximum Gasteiger partial charge on any atom is 0.316 e. The Morgan fingerprint density at radius 1 is 1.21 bits per heavy atom. The Kier molecular flexibility index (Phi) is 5.05. The summed E-state index contributed by atoms with van der Waals surface area (Å²) in [7, 11) is 0. The fraction of sp³-hybridized carbons (Fsp3) is 0.0667. The van der Waals surface area contributed by atoms with Crippen LogP contribution in [-0.2, 0) is 0 Å². The maximum atomic E-state index is 13.2. The number of urea groups is 1. The van der Waals surface area contributed by atoms with Crippen LogP contribution in [0.2, 0.25) is 0 Å². The zero-order valence-corrected chi connectivity index (χ0v) is 12.2. The molecule has 2 aromatic rings. The number of nitrogens with one attached hydrogen (secondary N) is 1. The number of amides is 2. The fourth-order valence-corrected chi connectivity index (χ4v) is 1.86. The number of nitro groups is 1. The number of primary amides is 1. The van der Waals surface area contributed by atoms with Crippen LogP contribution in [-0.4, -0.2) is 23.3 Å². The summed E-state index contributed by atoms with van der Waals surface area (Å²) in [5, 5.41) is 13.2. The number of nitro benzene ring substituents is 1. The number of hydrogen-bond acceptors (Lipinski definition) is 5. The van der Waals surface area contributed by atoms with Crippen LogP contribution in [0, 0.1) is 15.9 Å². The lowest BCUT2D eigenvalue weighted by molar-refractivity contribution is -0.385. The summed E-state index contributed by atoms with van der Waals surface area (Å²) in [6, 6.07) is 7.76. The van der Waals surface area contributed by atoms with Gasteiger partial charge in [0, 0.05) is 23.4 Å². The second-order valence-electron chi connectivity index (χ2n) is 4.65. The van der Waals surface area contributed by atoms with Crippen LogP contribution in [0.3, 0.4) is 0 Å². The molecule has 0 aliphatic heterocycles. The van der Waals surface area contributed by atoms with Gasteiger partial charge in [-0.1, -0.05) is 0 Å². The molecule has 0 aromatic heterocycles. The molecular weight excluding hydrogens is 321 g/mol. The Labute approximate surface area is 135 Å². The Balaban J connectivity index is 2.07. The van der Waals surface area contributed by atoms with Gasteiger partial charge in [0.25, 0.3) is 0 Å². The molecule has 0 fully saturated rings. The van der Waals surface area contributed by atoms with Crippen molar-refractivity contribution in [3.05, 3.63) is 64.0 Å². The summed E-state index contributed by atoms with van der Waals surface area (Å²) in [5.41, 5.74) is 5.18. The fourth-order valence-electron chi connectivity index (χ4n) is 1.86. The van der Waals surface area contributed by atoms with E-state index in [0.29, 0.717) is 5.69 Å². The van der Waals surface area contributed by atoms with Crippen LogP contribution in [0.25, 0.3) is 0 Å². The smallest absolute Gasteiger partial charge is 0.316 e. The van der Waals surface area contributed by atoms with Crippen molar-refractivity contribution in [1.29, 1.82) is 0 Å². The van der Waals surface area contributed by atoms with E-state index < -0.39 is 34.8 Å². The van der Waals surface area contributed by atoms with Gasteiger partial charge in [0.2, 0.25) is 0 Å². The van der Waals surface area contributed by atoms with E-state index in [4.69, 9.17) is 10.5 Å². The topological polar surface area (TPSA) is 125 Å². The van der Waals surface area contributed by atoms with Crippen molar-refractivity contribution < 1.29 is 23.6 Å². The maximum absolute atomic E-state index is 13.2. The highest BCUT2D eigenvalue weighted by Gasteiger charge is 2.17. The van der Waals surface area contributed by atoms with Crippen molar-refractivity contribution in [2.24, 2.45) is 5.73 Å². The molecule has 9 heteroatoms. The number of nitrogens with zero attached hydrogens (tertiary/aromatic N) is 1. The van der Waals surface area contributed by atoms with Crippen LogP contribution in [0.4, 0.5) is 20.6 Å². The number of Topliss-reactive ketones (excluding diaryl/α,β-unsaturated/α-hetero) is 1. The van der Waals surface area contributed by atoms with E-state index in [-0.39, 0.29) is 11.3 Å². The minimum absolute atomic E-state index is 0.254. The molecule has 0 saturated carbocycles. The van der Waals surface area contributed by atoms with Gasteiger partial charge < -0.3 is 15.8 Å². The van der Waals surface area contributed by atoms with Gasteiger partial charge in [-0.15, -0.1) is 0 Å². The first-order valence-electron chi connectivity index (χ1n) is 6.63. The molecule has 0 spiro atoms. The van der Waals surface area contributed by atoms with Crippen molar-refractivity contribution in [2.45, 2.75) is 0 Å². The van der Waals surface area contributed by atoms with E-state index in [9.17, 15) is 24.1 Å². The van der Waals surface area contributed by atoms with Crippen LogP contribution in [0.15, 0.2) is 42.5 Å². The molecule has 0 aliphatic carbocycles. The summed E-state index contributed by atoms with van der Waals surface area (Å²) in [4.78, 5) is 32.8. The predicted molar refractivity (Wildman–Crippen MR) is 82.5 cm³/mol. The third-order valence-corrected chi connectivity index (χ3v) is 2.95. The van der Waals surface area contributed by atoms with E-state index in [1.54, 1.807) is 0 Å². The second kappa shape index (κ2) is 7.18. The first-order chi connectivity index (χ1) is 11.4. The molecule has 124 valence electrons. The number of ketones is 1. The third-order valence-electron chi connectivity index (χ3n) is 2.95. The average Bonchev–Trinajstić information content (AvgIpc) is 2.52. The molecule has 0 heterocycles. The van der Waals surface area contributed by atoms with Crippen molar-refractivity contribution in [3.8, 4) is 5.75 Å². The van der Waals surface area contributed by atoms with E-state index in [1.165, 1.54) is 24.3 Å². The molecule has 0 bridgehead atoms. The van der Waals surface area contributed by atoms with E-state index in [0.717, 1.165) is 18.2 Å². The summed E-state index contributed by atoms with van der Waals surface area (Å²) in [6.45, 7) is -0.507. The van der Waals surface area contributed by atoms with Crippen LogP contribution < -0.4 is 15.8 Å². The number of hydrogen-bond donors (Lipinski definition) is 2.